The molecule has 0 amide bonds. The van der Waals surface area contributed by atoms with Crippen molar-refractivity contribution in [2.24, 2.45) is 0 Å². The fourth-order valence-electron chi connectivity index (χ4n) is 1.05. The summed E-state index contributed by atoms with van der Waals surface area (Å²) in [5.41, 5.74) is 1.62. The van der Waals surface area contributed by atoms with E-state index >= 15 is 0 Å². The molecule has 0 unspecified atom stereocenters. The minimum absolute atomic E-state index is 0.656. The molecule has 0 bridgehead atoms. The van der Waals surface area contributed by atoms with Crippen LogP contribution >= 0.6 is 27.5 Å². The van der Waals surface area contributed by atoms with Crippen molar-refractivity contribution >= 4 is 27.5 Å². The Kier molecular flexibility index (Phi) is 2.38. The van der Waals surface area contributed by atoms with Gasteiger partial charge < -0.3 is 4.52 Å². The largest absolute Gasteiger partial charge is 0.364 e. The van der Waals surface area contributed by atoms with Gasteiger partial charge in [0.15, 0.2) is 0 Å². The summed E-state index contributed by atoms with van der Waals surface area (Å²) in [7, 11) is 0. The van der Waals surface area contributed by atoms with Crippen LogP contribution in [0.5, 0.6) is 0 Å². The lowest BCUT2D eigenvalue weighted by atomic mass is 10.1. The van der Waals surface area contributed by atoms with Gasteiger partial charge in [0, 0.05) is 16.1 Å². The molecule has 2 nitrogen and oxygen atoms in total. The zero-order valence-electron chi connectivity index (χ0n) is 6.50. The third-order valence-corrected chi connectivity index (χ3v) is 2.45. The average Bonchev–Trinajstić information content (AvgIpc) is 2.56. The highest BCUT2D eigenvalue weighted by atomic mass is 79.9. The molecule has 66 valence electrons. The summed E-state index contributed by atoms with van der Waals surface area (Å²) >= 11 is 9.34. The van der Waals surface area contributed by atoms with Gasteiger partial charge in [0.1, 0.15) is 12.0 Å². The van der Waals surface area contributed by atoms with Crippen molar-refractivity contribution in [2.75, 3.05) is 0 Å². The van der Waals surface area contributed by atoms with E-state index in [9.17, 15) is 0 Å². The molecule has 2 aromatic rings. The van der Waals surface area contributed by atoms with Crippen LogP contribution in [0.2, 0.25) is 5.02 Å². The molecule has 2 rings (SSSR count). The van der Waals surface area contributed by atoms with Crippen LogP contribution in [-0.4, -0.2) is 5.16 Å². The van der Waals surface area contributed by atoms with E-state index < -0.39 is 0 Å². The number of nitrogens with zero attached hydrogens (tertiary/aromatic N) is 1. The lowest BCUT2D eigenvalue weighted by Crippen LogP contribution is -1.78. The van der Waals surface area contributed by atoms with E-state index in [1.165, 1.54) is 6.26 Å². The van der Waals surface area contributed by atoms with Crippen LogP contribution in [0.15, 0.2) is 39.5 Å². The first-order chi connectivity index (χ1) is 6.27. The molecule has 0 spiro atoms. The maximum atomic E-state index is 6.01. The van der Waals surface area contributed by atoms with E-state index in [2.05, 4.69) is 21.1 Å². The highest BCUT2D eigenvalue weighted by Crippen LogP contribution is 2.28. The topological polar surface area (TPSA) is 26.0 Å². The summed E-state index contributed by atoms with van der Waals surface area (Å²) < 4.78 is 5.68. The van der Waals surface area contributed by atoms with Gasteiger partial charge in [-0.05, 0) is 12.1 Å². The molecule has 0 aliphatic rings. The number of rotatable bonds is 1. The fraction of sp³-hybridized carbons (Fsp3) is 0. The van der Waals surface area contributed by atoms with E-state index in [4.69, 9.17) is 16.1 Å². The Morgan fingerprint density at radius 3 is 2.77 bits per heavy atom. The van der Waals surface area contributed by atoms with Crippen LogP contribution in [0, 0.1) is 0 Å². The van der Waals surface area contributed by atoms with Gasteiger partial charge in [0.25, 0.3) is 0 Å². The number of hydrogen-bond acceptors (Lipinski definition) is 2. The Hall–Kier alpha value is -0.800. The van der Waals surface area contributed by atoms with Gasteiger partial charge in [0.2, 0.25) is 0 Å². The first-order valence-corrected chi connectivity index (χ1v) is 4.80. The predicted octanol–water partition coefficient (Wildman–Crippen LogP) is 3.76. The van der Waals surface area contributed by atoms with Gasteiger partial charge in [-0.3, -0.25) is 0 Å². The summed E-state index contributed by atoms with van der Waals surface area (Å²) in [5.74, 6) is 0. The van der Waals surface area contributed by atoms with Gasteiger partial charge in [-0.1, -0.05) is 38.8 Å². The summed E-state index contributed by atoms with van der Waals surface area (Å²) in [6, 6.07) is 7.40. The predicted molar refractivity (Wildman–Crippen MR) is 54.6 cm³/mol. The Labute approximate surface area is 88.6 Å². The zero-order chi connectivity index (χ0) is 9.26. The average molecular weight is 259 g/mol. The van der Waals surface area contributed by atoms with Gasteiger partial charge in [0.05, 0.1) is 5.02 Å². The summed E-state index contributed by atoms with van der Waals surface area (Å²) in [6.45, 7) is 0. The number of aromatic nitrogens is 1. The van der Waals surface area contributed by atoms with Crippen molar-refractivity contribution in [1.82, 2.24) is 5.16 Å². The normalized spacial score (nSPS) is 10.3. The van der Waals surface area contributed by atoms with Crippen molar-refractivity contribution in [3.8, 4) is 11.3 Å². The van der Waals surface area contributed by atoms with Crippen molar-refractivity contribution < 1.29 is 4.52 Å². The standard InChI is InChI=1S/C9H5BrClNO/c10-6-1-2-7(8(11)5-6)9-3-4-13-12-9/h1-5H. The van der Waals surface area contributed by atoms with Gasteiger partial charge in [-0.25, -0.2) is 0 Å². The van der Waals surface area contributed by atoms with Crippen molar-refractivity contribution in [3.05, 3.63) is 40.0 Å². The van der Waals surface area contributed by atoms with E-state index in [0.717, 1.165) is 15.7 Å². The Morgan fingerprint density at radius 2 is 2.15 bits per heavy atom. The van der Waals surface area contributed by atoms with Crippen molar-refractivity contribution in [3.63, 3.8) is 0 Å². The minimum atomic E-state index is 0.656. The Bertz CT molecular complexity index is 414. The number of hydrogen-bond donors (Lipinski definition) is 0. The van der Waals surface area contributed by atoms with Crippen molar-refractivity contribution in [2.45, 2.75) is 0 Å². The number of halogens is 2. The monoisotopic (exact) mass is 257 g/mol. The first-order valence-electron chi connectivity index (χ1n) is 3.63. The molecular formula is C9H5BrClNO. The highest BCUT2D eigenvalue weighted by Gasteiger charge is 2.05. The van der Waals surface area contributed by atoms with Gasteiger partial charge >= 0.3 is 0 Å². The maximum absolute atomic E-state index is 6.01. The Morgan fingerprint density at radius 1 is 1.31 bits per heavy atom. The minimum Gasteiger partial charge on any atom is -0.364 e. The molecule has 0 N–H and O–H groups in total. The van der Waals surface area contributed by atoms with Crippen LogP contribution in [0.1, 0.15) is 0 Å². The summed E-state index contributed by atoms with van der Waals surface area (Å²) in [4.78, 5) is 0. The zero-order valence-corrected chi connectivity index (χ0v) is 8.84. The molecule has 0 aliphatic heterocycles. The van der Waals surface area contributed by atoms with Crippen LogP contribution in [0.3, 0.4) is 0 Å². The second-order valence-corrected chi connectivity index (χ2v) is 3.83. The highest BCUT2D eigenvalue weighted by molar-refractivity contribution is 9.10. The third-order valence-electron chi connectivity index (χ3n) is 1.64. The van der Waals surface area contributed by atoms with Crippen LogP contribution in [0.25, 0.3) is 11.3 Å². The molecule has 4 heteroatoms. The smallest absolute Gasteiger partial charge is 0.124 e. The molecule has 0 aliphatic carbocycles. The number of benzene rings is 1. The second kappa shape index (κ2) is 3.52. The molecular weight excluding hydrogens is 253 g/mol. The molecule has 1 aromatic carbocycles. The molecule has 0 saturated heterocycles. The third kappa shape index (κ3) is 1.76. The molecule has 0 atom stereocenters. The van der Waals surface area contributed by atoms with Crippen LogP contribution in [-0.2, 0) is 0 Å². The quantitative estimate of drug-likeness (QED) is 0.778. The summed E-state index contributed by atoms with van der Waals surface area (Å²) in [6.07, 6.45) is 1.52. The lowest BCUT2D eigenvalue weighted by Gasteiger charge is -1.99. The molecule has 0 radical (unpaired) electrons. The summed E-state index contributed by atoms with van der Waals surface area (Å²) in [5, 5.41) is 4.46. The van der Waals surface area contributed by atoms with E-state index in [1.807, 2.05) is 18.2 Å². The van der Waals surface area contributed by atoms with E-state index in [-0.39, 0.29) is 0 Å². The van der Waals surface area contributed by atoms with Gasteiger partial charge in [-0.15, -0.1) is 0 Å². The molecule has 13 heavy (non-hydrogen) atoms. The maximum Gasteiger partial charge on any atom is 0.124 e. The molecule has 1 heterocycles. The molecule has 0 fully saturated rings. The van der Waals surface area contributed by atoms with Gasteiger partial charge in [-0.2, -0.15) is 0 Å². The van der Waals surface area contributed by atoms with Crippen molar-refractivity contribution in [1.29, 1.82) is 0 Å². The second-order valence-electron chi connectivity index (χ2n) is 2.51. The van der Waals surface area contributed by atoms with E-state index in [0.29, 0.717) is 5.02 Å². The fourth-order valence-corrected chi connectivity index (χ4v) is 1.82. The molecule has 1 aromatic heterocycles. The van der Waals surface area contributed by atoms with Crippen LogP contribution in [0.4, 0.5) is 0 Å². The molecule has 0 saturated carbocycles. The van der Waals surface area contributed by atoms with E-state index in [1.54, 1.807) is 6.07 Å². The SMILES string of the molecule is Clc1cc(Br)ccc1-c1ccon1. The first kappa shape index (κ1) is 8.78. The Balaban J connectivity index is 2.53. The lowest BCUT2D eigenvalue weighted by molar-refractivity contribution is 0.422. The van der Waals surface area contributed by atoms with Crippen LogP contribution < -0.4 is 0 Å².